The molecule has 4 nitrogen and oxygen atoms in total. The predicted molar refractivity (Wildman–Crippen MR) is 69.2 cm³/mol. The van der Waals surface area contributed by atoms with Gasteiger partial charge in [0, 0.05) is 18.7 Å². The van der Waals surface area contributed by atoms with Gasteiger partial charge in [0.05, 0.1) is 0 Å². The molecule has 2 N–H and O–H groups in total. The fourth-order valence-electron chi connectivity index (χ4n) is 1.66. The molecular weight excluding hydrogens is 257 g/mol. The second kappa shape index (κ2) is 6.58. The Labute approximate surface area is 110 Å². The van der Waals surface area contributed by atoms with Crippen molar-refractivity contribution in [2.75, 3.05) is 17.2 Å². The Morgan fingerprint density at radius 3 is 2.47 bits per heavy atom. The van der Waals surface area contributed by atoms with Crippen molar-refractivity contribution in [2.24, 2.45) is 0 Å². The van der Waals surface area contributed by atoms with E-state index in [1.807, 2.05) is 13.8 Å². The van der Waals surface area contributed by atoms with Crippen molar-refractivity contribution in [3.05, 3.63) is 11.8 Å². The van der Waals surface area contributed by atoms with Gasteiger partial charge in [0.15, 0.2) is 5.69 Å². The smallest absolute Gasteiger partial charge is 0.367 e. The van der Waals surface area contributed by atoms with Crippen molar-refractivity contribution in [3.63, 3.8) is 0 Å². The van der Waals surface area contributed by atoms with Crippen LogP contribution in [0.1, 0.15) is 39.3 Å². The fourth-order valence-corrected chi connectivity index (χ4v) is 1.66. The van der Waals surface area contributed by atoms with Crippen molar-refractivity contribution in [2.45, 2.75) is 45.8 Å². The van der Waals surface area contributed by atoms with Crippen molar-refractivity contribution in [1.82, 2.24) is 9.97 Å². The Kier molecular flexibility index (Phi) is 5.38. The molecule has 1 unspecified atom stereocenters. The minimum absolute atomic E-state index is 0.0106. The summed E-state index contributed by atoms with van der Waals surface area (Å²) in [7, 11) is 0. The van der Waals surface area contributed by atoms with Crippen molar-refractivity contribution in [3.8, 4) is 0 Å². The number of halogens is 3. The zero-order valence-corrected chi connectivity index (χ0v) is 11.3. The molecule has 0 saturated heterocycles. The maximum Gasteiger partial charge on any atom is 0.433 e. The third-order valence-corrected chi connectivity index (χ3v) is 2.47. The highest BCUT2D eigenvalue weighted by Gasteiger charge is 2.33. The molecule has 0 fully saturated rings. The van der Waals surface area contributed by atoms with Gasteiger partial charge in [0.2, 0.25) is 5.95 Å². The SMILES string of the molecule is CCCC(C)Nc1cc(C(F)(F)F)nc(NCC)n1. The third kappa shape index (κ3) is 4.92. The summed E-state index contributed by atoms with van der Waals surface area (Å²) in [5, 5.41) is 5.67. The van der Waals surface area contributed by atoms with Crippen LogP contribution in [-0.2, 0) is 6.18 Å². The number of nitrogens with one attached hydrogen (secondary N) is 2. The Hall–Kier alpha value is -1.53. The predicted octanol–water partition coefficient (Wildman–Crippen LogP) is 3.53. The van der Waals surface area contributed by atoms with E-state index in [1.165, 1.54) is 0 Å². The van der Waals surface area contributed by atoms with E-state index in [4.69, 9.17) is 0 Å². The molecule has 1 aromatic heterocycles. The van der Waals surface area contributed by atoms with E-state index in [9.17, 15) is 13.2 Å². The van der Waals surface area contributed by atoms with Gasteiger partial charge in [0.1, 0.15) is 5.82 Å². The van der Waals surface area contributed by atoms with Gasteiger partial charge in [-0.3, -0.25) is 0 Å². The summed E-state index contributed by atoms with van der Waals surface area (Å²) >= 11 is 0. The van der Waals surface area contributed by atoms with Crippen LogP contribution in [0.5, 0.6) is 0 Å². The number of alkyl halides is 3. The average Bonchev–Trinajstić information content (AvgIpc) is 2.28. The van der Waals surface area contributed by atoms with Gasteiger partial charge in [-0.05, 0) is 20.3 Å². The maximum absolute atomic E-state index is 12.7. The van der Waals surface area contributed by atoms with Crippen LogP contribution in [0.25, 0.3) is 0 Å². The van der Waals surface area contributed by atoms with Crippen LogP contribution in [-0.4, -0.2) is 22.6 Å². The number of hydrogen-bond donors (Lipinski definition) is 2. The molecule has 0 aliphatic carbocycles. The first-order valence-electron chi connectivity index (χ1n) is 6.33. The van der Waals surface area contributed by atoms with Crippen LogP contribution in [0.3, 0.4) is 0 Å². The number of aromatic nitrogens is 2. The van der Waals surface area contributed by atoms with Crippen molar-refractivity contribution >= 4 is 11.8 Å². The molecule has 7 heteroatoms. The number of rotatable bonds is 6. The van der Waals surface area contributed by atoms with Crippen LogP contribution >= 0.6 is 0 Å². The number of hydrogen-bond acceptors (Lipinski definition) is 4. The highest BCUT2D eigenvalue weighted by molar-refractivity contribution is 5.43. The third-order valence-electron chi connectivity index (χ3n) is 2.47. The summed E-state index contributed by atoms with van der Waals surface area (Å²) in [6.45, 7) is 6.16. The monoisotopic (exact) mass is 276 g/mol. The van der Waals surface area contributed by atoms with Crippen LogP contribution in [0.2, 0.25) is 0 Å². The van der Waals surface area contributed by atoms with E-state index in [0.717, 1.165) is 18.9 Å². The minimum atomic E-state index is -4.47. The largest absolute Gasteiger partial charge is 0.433 e. The van der Waals surface area contributed by atoms with Crippen molar-refractivity contribution < 1.29 is 13.2 Å². The summed E-state index contributed by atoms with van der Waals surface area (Å²) in [5.74, 6) is 0.183. The van der Waals surface area contributed by atoms with Gasteiger partial charge in [-0.1, -0.05) is 13.3 Å². The summed E-state index contributed by atoms with van der Waals surface area (Å²) in [6, 6.07) is 1.00. The average molecular weight is 276 g/mol. The van der Waals surface area contributed by atoms with E-state index in [1.54, 1.807) is 6.92 Å². The molecule has 1 atom stereocenters. The standard InChI is InChI=1S/C12H19F3N4/c1-4-6-8(3)17-10-7-9(12(13,14)15)18-11(19-10)16-5-2/h7-8H,4-6H2,1-3H3,(H2,16,17,18,19). The molecule has 0 aliphatic rings. The quantitative estimate of drug-likeness (QED) is 0.834. The first-order valence-corrected chi connectivity index (χ1v) is 6.33. The lowest BCUT2D eigenvalue weighted by atomic mass is 10.2. The Bertz CT molecular complexity index is 406. The fraction of sp³-hybridized carbons (Fsp3) is 0.667. The molecule has 0 aromatic carbocycles. The van der Waals surface area contributed by atoms with Gasteiger partial charge in [-0.15, -0.1) is 0 Å². The van der Waals surface area contributed by atoms with Gasteiger partial charge in [-0.25, -0.2) is 4.98 Å². The highest BCUT2D eigenvalue weighted by Crippen LogP contribution is 2.29. The molecule has 0 spiro atoms. The van der Waals surface area contributed by atoms with E-state index < -0.39 is 11.9 Å². The molecule has 0 aliphatic heterocycles. The van der Waals surface area contributed by atoms with Gasteiger partial charge in [-0.2, -0.15) is 18.2 Å². The lowest BCUT2D eigenvalue weighted by Gasteiger charge is -2.16. The summed E-state index contributed by atoms with van der Waals surface area (Å²) < 4.78 is 38.2. The van der Waals surface area contributed by atoms with E-state index in [-0.39, 0.29) is 17.8 Å². The molecule has 1 rings (SSSR count). The van der Waals surface area contributed by atoms with Gasteiger partial charge < -0.3 is 10.6 Å². The summed E-state index contributed by atoms with van der Waals surface area (Å²) in [5.41, 5.74) is -0.940. The van der Waals surface area contributed by atoms with Crippen molar-refractivity contribution in [1.29, 1.82) is 0 Å². The molecule has 1 aromatic rings. The normalized spacial score (nSPS) is 13.2. The molecule has 0 bridgehead atoms. The zero-order chi connectivity index (χ0) is 14.5. The highest BCUT2D eigenvalue weighted by atomic mass is 19.4. The van der Waals surface area contributed by atoms with Gasteiger partial charge >= 0.3 is 6.18 Å². The molecule has 0 radical (unpaired) electrons. The molecule has 1 heterocycles. The molecule has 0 amide bonds. The number of nitrogens with zero attached hydrogens (tertiary/aromatic N) is 2. The van der Waals surface area contributed by atoms with Gasteiger partial charge in [0.25, 0.3) is 0 Å². The maximum atomic E-state index is 12.7. The van der Waals surface area contributed by atoms with Crippen LogP contribution in [0, 0.1) is 0 Å². The number of anilines is 2. The molecular formula is C12H19F3N4. The second-order valence-electron chi connectivity index (χ2n) is 4.32. The molecule has 0 saturated carbocycles. The topological polar surface area (TPSA) is 49.8 Å². The Morgan fingerprint density at radius 2 is 1.95 bits per heavy atom. The van der Waals surface area contributed by atoms with Crippen LogP contribution in [0.4, 0.5) is 24.9 Å². The van der Waals surface area contributed by atoms with E-state index in [2.05, 4.69) is 20.6 Å². The second-order valence-corrected chi connectivity index (χ2v) is 4.32. The first kappa shape index (κ1) is 15.5. The lowest BCUT2D eigenvalue weighted by molar-refractivity contribution is -0.141. The lowest BCUT2D eigenvalue weighted by Crippen LogP contribution is -2.18. The molecule has 108 valence electrons. The van der Waals surface area contributed by atoms with Crippen LogP contribution in [0.15, 0.2) is 6.07 Å². The molecule has 19 heavy (non-hydrogen) atoms. The Morgan fingerprint density at radius 1 is 1.26 bits per heavy atom. The van der Waals surface area contributed by atoms with E-state index >= 15 is 0 Å². The summed E-state index contributed by atoms with van der Waals surface area (Å²) in [4.78, 5) is 7.49. The summed E-state index contributed by atoms with van der Waals surface area (Å²) in [6.07, 6.45) is -2.66. The minimum Gasteiger partial charge on any atom is -0.367 e. The van der Waals surface area contributed by atoms with E-state index in [0.29, 0.717) is 6.54 Å². The Balaban J connectivity index is 2.99. The first-order chi connectivity index (χ1) is 8.86. The zero-order valence-electron chi connectivity index (χ0n) is 11.3. The van der Waals surface area contributed by atoms with Crippen LogP contribution < -0.4 is 10.6 Å².